The van der Waals surface area contributed by atoms with Crippen LogP contribution in [0.1, 0.15) is 42.4 Å². The lowest BCUT2D eigenvalue weighted by Crippen LogP contribution is -2.58. The molecule has 0 unspecified atom stereocenters. The first kappa shape index (κ1) is 37.7. The molecule has 15 heteroatoms. The highest BCUT2D eigenvalue weighted by Crippen LogP contribution is 2.41. The summed E-state index contributed by atoms with van der Waals surface area (Å²) in [7, 11) is -1.03. The van der Waals surface area contributed by atoms with Crippen molar-refractivity contribution in [2.24, 2.45) is 0 Å². The predicted molar refractivity (Wildman–Crippen MR) is 197 cm³/mol. The number of hydrogen-bond donors (Lipinski definition) is 3. The zero-order valence-corrected chi connectivity index (χ0v) is 30.0. The summed E-state index contributed by atoms with van der Waals surface area (Å²) in [4.78, 5) is 35.9. The van der Waals surface area contributed by atoms with Gasteiger partial charge in [-0.3, -0.25) is 9.59 Å². The normalized spacial score (nSPS) is 20.3. The number of carbonyl (C=O) groups excluding carboxylic acids is 2. The van der Waals surface area contributed by atoms with Gasteiger partial charge in [0.1, 0.15) is 11.1 Å². The molecule has 4 fully saturated rings. The maximum Gasteiger partial charge on any atom is 0.416 e. The van der Waals surface area contributed by atoms with Crippen LogP contribution in [0.15, 0.2) is 78.9 Å². The average Bonchev–Trinajstić information content (AvgIpc) is 3.57. The molecular weight excluding hydrogens is 671 g/mol. The number of hydrogen-bond acceptors (Lipinski definition) is 8. The molecule has 3 N–H and O–H groups in total. The Morgan fingerprint density at radius 1 is 0.750 bits per heavy atom. The fraction of sp³-hybridized carbons (Fsp3) is 0.459. The largest absolute Gasteiger partial charge is 0.437 e. The van der Waals surface area contributed by atoms with Crippen molar-refractivity contribution < 1.29 is 32.8 Å². The van der Waals surface area contributed by atoms with Crippen LogP contribution in [0, 0.1) is 6.92 Å². The van der Waals surface area contributed by atoms with E-state index in [1.165, 1.54) is 0 Å². The van der Waals surface area contributed by atoms with Crippen molar-refractivity contribution in [2.45, 2.75) is 70.1 Å². The Kier molecular flexibility index (Phi) is 11.0. The minimum absolute atomic E-state index is 0.0679. The summed E-state index contributed by atoms with van der Waals surface area (Å²) in [5.41, 5.74) is 1.07. The van der Waals surface area contributed by atoms with Crippen molar-refractivity contribution in [3.05, 3.63) is 95.6 Å². The molecule has 0 aliphatic carbocycles. The van der Waals surface area contributed by atoms with Crippen LogP contribution in [0.5, 0.6) is 0 Å². The molecule has 7 rings (SSSR count). The van der Waals surface area contributed by atoms with Gasteiger partial charge in [-0.1, -0.05) is 48.0 Å². The third-order valence-electron chi connectivity index (χ3n) is 11.1. The number of nitrogens with one attached hydrogen (secondary N) is 1. The molecule has 2 amide bonds. The van der Waals surface area contributed by atoms with Crippen molar-refractivity contribution in [3.63, 3.8) is 0 Å². The van der Waals surface area contributed by atoms with Crippen molar-refractivity contribution in [3.8, 4) is 0 Å². The molecule has 4 heterocycles. The maximum absolute atomic E-state index is 13.7. The second kappa shape index (κ2) is 15.1. The minimum atomic E-state index is -4.43. The summed E-state index contributed by atoms with van der Waals surface area (Å²) in [6.07, 6.45) is -1.84. The number of aryl methyl sites for hydroxylation is 1. The summed E-state index contributed by atoms with van der Waals surface area (Å²) in [5.74, 6) is 0.0493. The predicted octanol–water partition coefficient (Wildman–Crippen LogP) is 4.29. The molecule has 3 aromatic rings. The van der Waals surface area contributed by atoms with E-state index in [0.29, 0.717) is 50.4 Å². The lowest BCUT2D eigenvalue weighted by Gasteiger charge is -2.43. The minimum Gasteiger partial charge on any atom is -0.437 e. The van der Waals surface area contributed by atoms with E-state index >= 15 is 0 Å². The standard InChI is InChI=1S/C23H27BF3N3O2.C14H20BN3O2/c1-17-12-18(14-19(13-17)23(25,26)27)15-28-16-30(20-6-4-3-5-7-20)22(21(28)31)8-10-29(11-9-22)24(2)32;1-15(20)17-9-7-14(8-10-17)13(19)16-11-18(14)12-5-3-2-4-6-12/h3-7,12-14,32H,8-11,15-16H2,1-2H3;2-6,20H,7-11H2,1H3,(H,16,19). The SMILES string of the molecule is CB(O)N1CCC2(CC1)C(=O)N(Cc1cc(C)cc(C(F)(F)F)c1)CN2c1ccccc1.CB(O)N1CCC2(CC1)C(=O)NCN2c1ccccc1. The third-order valence-corrected chi connectivity index (χ3v) is 11.1. The summed E-state index contributed by atoms with van der Waals surface area (Å²) in [6.45, 7) is 8.76. The number of rotatable bonds is 6. The summed E-state index contributed by atoms with van der Waals surface area (Å²) < 4.78 is 39.9. The summed E-state index contributed by atoms with van der Waals surface area (Å²) >= 11 is 0. The fourth-order valence-electron chi connectivity index (χ4n) is 8.23. The van der Waals surface area contributed by atoms with Crippen LogP contribution in [0.4, 0.5) is 24.5 Å². The topological polar surface area (TPSA) is 103 Å². The summed E-state index contributed by atoms with van der Waals surface area (Å²) in [6, 6.07) is 23.7. The quantitative estimate of drug-likeness (QED) is 0.325. The van der Waals surface area contributed by atoms with E-state index in [0.717, 1.165) is 49.4 Å². The van der Waals surface area contributed by atoms with E-state index in [2.05, 4.69) is 15.1 Å². The number of halogens is 3. The molecule has 4 saturated heterocycles. The second-order valence-electron chi connectivity index (χ2n) is 14.4. The number of anilines is 2. The molecule has 0 aromatic heterocycles. The highest BCUT2D eigenvalue weighted by atomic mass is 19.4. The van der Waals surface area contributed by atoms with Crippen molar-refractivity contribution in [1.29, 1.82) is 0 Å². The van der Waals surface area contributed by atoms with Crippen molar-refractivity contribution in [2.75, 3.05) is 49.3 Å². The number of nitrogens with zero attached hydrogens (tertiary/aromatic N) is 5. The van der Waals surface area contributed by atoms with Gasteiger partial charge in [-0.05, 0) is 114 Å². The Balaban J connectivity index is 0.000000198. The number of benzene rings is 3. The fourth-order valence-corrected chi connectivity index (χ4v) is 8.23. The molecule has 52 heavy (non-hydrogen) atoms. The number of amides is 2. The molecule has 2 spiro atoms. The van der Waals surface area contributed by atoms with Crippen LogP contribution >= 0.6 is 0 Å². The number of carbonyl (C=O) groups is 2. The van der Waals surface area contributed by atoms with Gasteiger partial charge >= 0.3 is 20.3 Å². The van der Waals surface area contributed by atoms with Crippen LogP contribution in [0.2, 0.25) is 13.6 Å². The molecule has 4 aliphatic rings. The van der Waals surface area contributed by atoms with Gasteiger partial charge in [0, 0.05) is 17.9 Å². The van der Waals surface area contributed by atoms with Gasteiger partial charge in [0.2, 0.25) is 11.8 Å². The van der Waals surface area contributed by atoms with E-state index in [9.17, 15) is 32.8 Å². The monoisotopic (exact) mass is 718 g/mol. The molecule has 0 atom stereocenters. The molecular formula is C37H47B2F3N6O4. The zero-order valence-electron chi connectivity index (χ0n) is 30.0. The van der Waals surface area contributed by atoms with E-state index in [-0.39, 0.29) is 18.4 Å². The average molecular weight is 718 g/mol. The number of piperidine rings is 2. The van der Waals surface area contributed by atoms with Crippen molar-refractivity contribution in [1.82, 2.24) is 19.8 Å². The van der Waals surface area contributed by atoms with Gasteiger partial charge in [-0.2, -0.15) is 13.2 Å². The van der Waals surface area contributed by atoms with E-state index < -0.39 is 36.9 Å². The third kappa shape index (κ3) is 7.55. The van der Waals surface area contributed by atoms with E-state index in [1.54, 1.807) is 31.5 Å². The van der Waals surface area contributed by atoms with Crippen LogP contribution < -0.4 is 15.1 Å². The van der Waals surface area contributed by atoms with Gasteiger partial charge in [-0.25, -0.2) is 0 Å². The Hall–Kier alpha value is -4.04. The molecule has 0 radical (unpaired) electrons. The highest BCUT2D eigenvalue weighted by molar-refractivity contribution is 6.45. The number of para-hydroxylation sites is 2. The molecule has 276 valence electrons. The lowest BCUT2D eigenvalue weighted by atomic mass is 9.77. The number of alkyl halides is 3. The van der Waals surface area contributed by atoms with Crippen molar-refractivity contribution >= 4 is 37.3 Å². The second-order valence-corrected chi connectivity index (χ2v) is 14.4. The molecule has 10 nitrogen and oxygen atoms in total. The molecule has 0 saturated carbocycles. The first-order chi connectivity index (χ1) is 24.7. The Morgan fingerprint density at radius 2 is 1.25 bits per heavy atom. The van der Waals surface area contributed by atoms with Gasteiger partial charge in [-0.15, -0.1) is 0 Å². The van der Waals surface area contributed by atoms with Gasteiger partial charge in [0.25, 0.3) is 0 Å². The van der Waals surface area contributed by atoms with Crippen LogP contribution in [0.25, 0.3) is 0 Å². The molecule has 0 bridgehead atoms. The van der Waals surface area contributed by atoms with E-state index in [1.807, 2.05) is 70.3 Å². The Morgan fingerprint density at radius 3 is 1.75 bits per heavy atom. The van der Waals surface area contributed by atoms with Gasteiger partial charge in [0.15, 0.2) is 0 Å². The van der Waals surface area contributed by atoms with Gasteiger partial charge in [0.05, 0.1) is 18.9 Å². The first-order valence-corrected chi connectivity index (χ1v) is 18.0. The Bertz CT molecular complexity index is 1700. The summed E-state index contributed by atoms with van der Waals surface area (Å²) in [5, 5.41) is 22.6. The maximum atomic E-state index is 13.7. The van der Waals surface area contributed by atoms with Gasteiger partial charge < -0.3 is 39.7 Å². The molecule has 3 aromatic carbocycles. The smallest absolute Gasteiger partial charge is 0.416 e. The Labute approximate surface area is 304 Å². The first-order valence-electron chi connectivity index (χ1n) is 18.0. The van der Waals surface area contributed by atoms with Crippen LogP contribution in [-0.2, 0) is 22.3 Å². The molecule has 4 aliphatic heterocycles. The van der Waals surface area contributed by atoms with E-state index in [4.69, 9.17) is 0 Å². The zero-order chi connectivity index (χ0) is 37.3. The van der Waals surface area contributed by atoms with Crippen LogP contribution in [0.3, 0.4) is 0 Å². The highest BCUT2D eigenvalue weighted by Gasteiger charge is 2.54. The lowest BCUT2D eigenvalue weighted by molar-refractivity contribution is -0.137. The van der Waals surface area contributed by atoms with Crippen LogP contribution in [-0.4, -0.2) is 101 Å².